The maximum absolute atomic E-state index is 12.0. The first-order valence-corrected chi connectivity index (χ1v) is 5.28. The fourth-order valence-electron chi connectivity index (χ4n) is 1.49. The number of nitrogen functional groups attached to an aromatic ring is 1. The van der Waals surface area contributed by atoms with E-state index in [1.165, 1.54) is 0 Å². The van der Waals surface area contributed by atoms with Crippen LogP contribution in [0.3, 0.4) is 0 Å². The summed E-state index contributed by atoms with van der Waals surface area (Å²) < 4.78 is 4.86. The Balaban J connectivity index is 2.20. The lowest BCUT2D eigenvalue weighted by molar-refractivity contribution is 0.102. The van der Waals surface area contributed by atoms with Crippen molar-refractivity contribution in [3.8, 4) is 0 Å². The summed E-state index contributed by atoms with van der Waals surface area (Å²) in [6.45, 7) is 3.52. The number of nitrogens with one attached hydrogen (secondary N) is 2. The van der Waals surface area contributed by atoms with E-state index in [1.54, 1.807) is 32.0 Å². The quantitative estimate of drug-likeness (QED) is 0.556. The zero-order valence-corrected chi connectivity index (χ0v) is 10.0. The molecule has 0 radical (unpaired) electrons. The van der Waals surface area contributed by atoms with Crippen molar-refractivity contribution in [2.24, 2.45) is 5.84 Å². The zero-order valence-electron chi connectivity index (χ0n) is 10.0. The summed E-state index contributed by atoms with van der Waals surface area (Å²) in [7, 11) is 0. The van der Waals surface area contributed by atoms with Crippen LogP contribution in [0.25, 0.3) is 0 Å². The zero-order chi connectivity index (χ0) is 13.1. The van der Waals surface area contributed by atoms with Gasteiger partial charge in [0.05, 0.1) is 0 Å². The molecule has 0 aliphatic carbocycles. The van der Waals surface area contributed by atoms with Crippen molar-refractivity contribution in [2.45, 2.75) is 13.8 Å². The number of hydrazine groups is 1. The van der Waals surface area contributed by atoms with E-state index < -0.39 is 0 Å². The predicted octanol–water partition coefficient (Wildman–Crippen LogP) is 1.22. The molecule has 2 heterocycles. The van der Waals surface area contributed by atoms with Crippen LogP contribution in [0, 0.1) is 13.8 Å². The van der Waals surface area contributed by atoms with Crippen LogP contribution >= 0.6 is 0 Å². The Morgan fingerprint density at radius 3 is 2.67 bits per heavy atom. The molecule has 7 nitrogen and oxygen atoms in total. The Labute approximate surface area is 103 Å². The molecule has 4 N–H and O–H groups in total. The van der Waals surface area contributed by atoms with Crippen LogP contribution in [0.5, 0.6) is 0 Å². The van der Waals surface area contributed by atoms with Gasteiger partial charge in [-0.1, -0.05) is 5.16 Å². The van der Waals surface area contributed by atoms with Crippen LogP contribution in [-0.4, -0.2) is 16.0 Å². The van der Waals surface area contributed by atoms with Crippen molar-refractivity contribution in [2.75, 3.05) is 10.7 Å². The molecule has 1 amide bonds. The number of hydrogen-bond acceptors (Lipinski definition) is 6. The number of amides is 1. The van der Waals surface area contributed by atoms with Crippen molar-refractivity contribution in [3.05, 3.63) is 35.2 Å². The predicted molar refractivity (Wildman–Crippen MR) is 66.0 cm³/mol. The van der Waals surface area contributed by atoms with Crippen molar-refractivity contribution in [3.63, 3.8) is 0 Å². The average molecular weight is 247 g/mol. The third-order valence-electron chi connectivity index (χ3n) is 2.23. The normalized spacial score (nSPS) is 10.2. The molecule has 0 aromatic carbocycles. The molecule has 0 saturated heterocycles. The van der Waals surface area contributed by atoms with Gasteiger partial charge in [-0.3, -0.25) is 4.79 Å². The highest BCUT2D eigenvalue weighted by molar-refractivity contribution is 6.04. The molecular weight excluding hydrogens is 234 g/mol. The van der Waals surface area contributed by atoms with Crippen LogP contribution in [0.4, 0.5) is 11.6 Å². The molecule has 94 valence electrons. The summed E-state index contributed by atoms with van der Waals surface area (Å²) in [5.41, 5.74) is 3.53. The molecule has 2 aromatic rings. The second-order valence-corrected chi connectivity index (χ2v) is 3.80. The Morgan fingerprint density at radius 2 is 2.06 bits per heavy atom. The summed E-state index contributed by atoms with van der Waals surface area (Å²) in [5.74, 6) is 6.39. The lowest BCUT2D eigenvalue weighted by atomic mass is 10.2. The standard InChI is InChI=1S/C11H13N5O2/c1-6-3-8(5-9(13-6)15-12)11(17)14-10-4-7(2)18-16-10/h3-5H,12H2,1-2H3,(H,13,15)(H,14,16,17). The van der Waals surface area contributed by atoms with E-state index >= 15 is 0 Å². The molecule has 2 aromatic heterocycles. The van der Waals surface area contributed by atoms with Gasteiger partial charge in [-0.2, -0.15) is 0 Å². The SMILES string of the molecule is Cc1cc(C(=O)Nc2cc(C)on2)cc(NN)n1. The summed E-state index contributed by atoms with van der Waals surface area (Å²) >= 11 is 0. The number of carbonyl (C=O) groups is 1. The van der Waals surface area contributed by atoms with Crippen molar-refractivity contribution in [1.82, 2.24) is 10.1 Å². The third-order valence-corrected chi connectivity index (χ3v) is 2.23. The van der Waals surface area contributed by atoms with E-state index in [0.29, 0.717) is 28.7 Å². The smallest absolute Gasteiger partial charge is 0.257 e. The molecule has 0 fully saturated rings. The van der Waals surface area contributed by atoms with Crippen LogP contribution in [-0.2, 0) is 0 Å². The number of pyridine rings is 1. The topological polar surface area (TPSA) is 106 Å². The van der Waals surface area contributed by atoms with Gasteiger partial charge in [0.1, 0.15) is 11.6 Å². The fraction of sp³-hybridized carbons (Fsp3) is 0.182. The number of aromatic nitrogens is 2. The van der Waals surface area contributed by atoms with Gasteiger partial charge in [0.25, 0.3) is 5.91 Å². The molecule has 0 atom stereocenters. The number of hydrogen-bond donors (Lipinski definition) is 3. The highest BCUT2D eigenvalue weighted by Gasteiger charge is 2.10. The van der Waals surface area contributed by atoms with Crippen LogP contribution in [0.2, 0.25) is 0 Å². The van der Waals surface area contributed by atoms with Gasteiger partial charge in [0, 0.05) is 17.3 Å². The highest BCUT2D eigenvalue weighted by Crippen LogP contribution is 2.12. The number of rotatable bonds is 3. The fourth-order valence-corrected chi connectivity index (χ4v) is 1.49. The van der Waals surface area contributed by atoms with E-state index in [0.717, 1.165) is 0 Å². The number of carbonyl (C=O) groups excluding carboxylic acids is 1. The van der Waals surface area contributed by atoms with Crippen molar-refractivity contribution in [1.29, 1.82) is 0 Å². The molecule has 2 rings (SSSR count). The number of anilines is 2. The minimum absolute atomic E-state index is 0.301. The lowest BCUT2D eigenvalue weighted by Crippen LogP contribution is -2.15. The van der Waals surface area contributed by atoms with Crippen LogP contribution < -0.4 is 16.6 Å². The minimum atomic E-state index is -0.301. The van der Waals surface area contributed by atoms with Gasteiger partial charge in [0.15, 0.2) is 5.82 Å². The van der Waals surface area contributed by atoms with Crippen molar-refractivity contribution >= 4 is 17.5 Å². The molecular formula is C11H13N5O2. The lowest BCUT2D eigenvalue weighted by Gasteiger charge is -2.05. The van der Waals surface area contributed by atoms with Crippen LogP contribution in [0.1, 0.15) is 21.8 Å². The monoisotopic (exact) mass is 247 g/mol. The molecule has 0 aliphatic heterocycles. The molecule has 0 unspecified atom stereocenters. The summed E-state index contributed by atoms with van der Waals surface area (Å²) in [6, 6.07) is 4.84. The van der Waals surface area contributed by atoms with Crippen molar-refractivity contribution < 1.29 is 9.32 Å². The minimum Gasteiger partial charge on any atom is -0.360 e. The molecule has 0 bridgehead atoms. The summed E-state index contributed by atoms with van der Waals surface area (Å²) in [6.07, 6.45) is 0. The maximum Gasteiger partial charge on any atom is 0.257 e. The second-order valence-electron chi connectivity index (χ2n) is 3.80. The Kier molecular flexibility index (Phi) is 3.24. The van der Waals surface area contributed by atoms with Gasteiger partial charge >= 0.3 is 0 Å². The number of aryl methyl sites for hydroxylation is 2. The van der Waals surface area contributed by atoms with E-state index in [4.69, 9.17) is 10.4 Å². The summed E-state index contributed by atoms with van der Waals surface area (Å²) in [5, 5.41) is 6.30. The first kappa shape index (κ1) is 12.1. The molecule has 0 saturated carbocycles. The summed E-state index contributed by atoms with van der Waals surface area (Å²) in [4.78, 5) is 16.1. The van der Waals surface area contributed by atoms with E-state index in [9.17, 15) is 4.79 Å². The molecule has 0 spiro atoms. The Bertz CT molecular complexity index is 579. The molecule has 0 aliphatic rings. The largest absolute Gasteiger partial charge is 0.360 e. The van der Waals surface area contributed by atoms with Gasteiger partial charge in [0.2, 0.25) is 0 Å². The first-order chi connectivity index (χ1) is 8.58. The Morgan fingerprint density at radius 1 is 1.28 bits per heavy atom. The van der Waals surface area contributed by atoms with Gasteiger partial charge in [-0.05, 0) is 26.0 Å². The number of nitrogens with two attached hydrogens (primary N) is 1. The molecule has 18 heavy (non-hydrogen) atoms. The molecule has 7 heteroatoms. The van der Waals surface area contributed by atoms with Crippen LogP contribution in [0.15, 0.2) is 22.7 Å². The third kappa shape index (κ3) is 2.64. The maximum atomic E-state index is 12.0. The Hall–Kier alpha value is -2.41. The van der Waals surface area contributed by atoms with E-state index in [2.05, 4.69) is 20.9 Å². The second kappa shape index (κ2) is 4.84. The van der Waals surface area contributed by atoms with E-state index in [1.807, 2.05) is 0 Å². The average Bonchev–Trinajstić information content (AvgIpc) is 2.73. The highest BCUT2D eigenvalue weighted by atomic mass is 16.5. The van der Waals surface area contributed by atoms with Gasteiger partial charge in [-0.15, -0.1) is 0 Å². The van der Waals surface area contributed by atoms with Gasteiger partial charge < -0.3 is 15.3 Å². The van der Waals surface area contributed by atoms with Gasteiger partial charge in [-0.25, -0.2) is 10.8 Å². The number of nitrogens with zero attached hydrogens (tertiary/aromatic N) is 2. The first-order valence-electron chi connectivity index (χ1n) is 5.28. The van der Waals surface area contributed by atoms with E-state index in [-0.39, 0.29) is 5.91 Å².